The summed E-state index contributed by atoms with van der Waals surface area (Å²) in [5, 5.41) is 0.373. The molecule has 0 radical (unpaired) electrons. The molecule has 0 atom stereocenters. The van der Waals surface area contributed by atoms with Crippen LogP contribution in [0, 0.1) is 6.92 Å². The van der Waals surface area contributed by atoms with Crippen molar-refractivity contribution in [2.45, 2.75) is 6.92 Å². The van der Waals surface area contributed by atoms with Gasteiger partial charge in [-0.2, -0.15) is 0 Å². The number of aryl methyl sites for hydroxylation is 1. The van der Waals surface area contributed by atoms with Gasteiger partial charge in [0.1, 0.15) is 5.82 Å². The van der Waals surface area contributed by atoms with Crippen LogP contribution >= 0.6 is 11.6 Å². The summed E-state index contributed by atoms with van der Waals surface area (Å²) in [6.07, 6.45) is 1.67. The molecule has 1 aliphatic heterocycles. The van der Waals surface area contributed by atoms with Gasteiger partial charge in [-0.25, -0.2) is 15.0 Å². The molecule has 3 aromatic rings. The van der Waals surface area contributed by atoms with Crippen LogP contribution in [0.15, 0.2) is 36.5 Å². The number of nitrogens with zero attached hydrogens (tertiary/aromatic N) is 5. The number of anilines is 2. The minimum Gasteiger partial charge on any atom is -0.384 e. The van der Waals surface area contributed by atoms with E-state index in [0.29, 0.717) is 40.9 Å². The molecule has 0 aliphatic carbocycles. The highest BCUT2D eigenvalue weighted by molar-refractivity contribution is 6.34. The minimum atomic E-state index is -0.0639. The first-order valence-corrected chi connectivity index (χ1v) is 10.3. The number of carbonyl (C=O) groups excluding carboxylic acids is 1. The molecule has 31 heavy (non-hydrogen) atoms. The zero-order chi connectivity index (χ0) is 22.1. The summed E-state index contributed by atoms with van der Waals surface area (Å²) in [4.78, 5) is 29.9. The molecule has 2 aromatic heterocycles. The Hall–Kier alpha value is -3.23. The summed E-state index contributed by atoms with van der Waals surface area (Å²) in [6.45, 7) is 4.92. The molecule has 160 valence electrons. The molecule has 4 N–H and O–H groups in total. The van der Waals surface area contributed by atoms with Gasteiger partial charge in [-0.15, -0.1) is 0 Å². The fourth-order valence-corrected chi connectivity index (χ4v) is 3.98. The van der Waals surface area contributed by atoms with Crippen LogP contribution in [-0.4, -0.2) is 63.9 Å². The Bertz CT molecular complexity index is 1130. The second-order valence-corrected chi connectivity index (χ2v) is 8.06. The SMILES string of the molecule is Cc1nc(N)nc(-c2ccc(C(=O)N3CCN(C)CC3)c(Cl)c2)c1-c1ccc(N)nc1. The average molecular weight is 438 g/mol. The average Bonchev–Trinajstić information content (AvgIpc) is 2.74. The van der Waals surface area contributed by atoms with Gasteiger partial charge >= 0.3 is 0 Å². The zero-order valence-electron chi connectivity index (χ0n) is 17.5. The molecule has 0 bridgehead atoms. The Morgan fingerprint density at radius 2 is 1.74 bits per heavy atom. The molecular weight excluding hydrogens is 414 g/mol. The number of nitrogens with two attached hydrogens (primary N) is 2. The fourth-order valence-electron chi connectivity index (χ4n) is 3.72. The summed E-state index contributed by atoms with van der Waals surface area (Å²) >= 11 is 6.56. The van der Waals surface area contributed by atoms with E-state index in [2.05, 4.69) is 19.9 Å². The first-order chi connectivity index (χ1) is 14.8. The number of nitrogen functional groups attached to an aromatic ring is 2. The van der Waals surface area contributed by atoms with Gasteiger partial charge in [0.15, 0.2) is 0 Å². The van der Waals surface area contributed by atoms with Gasteiger partial charge < -0.3 is 21.3 Å². The number of halogens is 1. The lowest BCUT2D eigenvalue weighted by atomic mass is 9.98. The van der Waals surface area contributed by atoms with Crippen molar-refractivity contribution in [3.63, 3.8) is 0 Å². The highest BCUT2D eigenvalue weighted by atomic mass is 35.5. The van der Waals surface area contributed by atoms with E-state index in [4.69, 9.17) is 23.1 Å². The fraction of sp³-hybridized carbons (Fsp3) is 0.273. The number of aromatic nitrogens is 3. The molecule has 4 rings (SSSR count). The third-order valence-electron chi connectivity index (χ3n) is 5.45. The smallest absolute Gasteiger partial charge is 0.255 e. The van der Waals surface area contributed by atoms with Gasteiger partial charge in [0.2, 0.25) is 5.95 Å². The molecular formula is C22H24ClN7O. The first-order valence-electron chi connectivity index (χ1n) is 9.97. The van der Waals surface area contributed by atoms with Crippen LogP contribution in [0.2, 0.25) is 5.02 Å². The van der Waals surface area contributed by atoms with Crippen LogP contribution in [0.3, 0.4) is 0 Å². The van der Waals surface area contributed by atoms with E-state index in [1.54, 1.807) is 24.4 Å². The molecule has 1 saturated heterocycles. The molecule has 1 aliphatic rings. The van der Waals surface area contributed by atoms with Crippen LogP contribution in [0.1, 0.15) is 16.1 Å². The third kappa shape index (κ3) is 4.30. The summed E-state index contributed by atoms with van der Waals surface area (Å²) in [7, 11) is 2.05. The molecule has 0 unspecified atom stereocenters. The maximum absolute atomic E-state index is 13.0. The van der Waals surface area contributed by atoms with Crippen LogP contribution in [-0.2, 0) is 0 Å². The van der Waals surface area contributed by atoms with E-state index in [0.717, 1.165) is 29.8 Å². The van der Waals surface area contributed by atoms with Gasteiger partial charge in [0.05, 0.1) is 22.0 Å². The van der Waals surface area contributed by atoms with Gasteiger partial charge in [0, 0.05) is 49.1 Å². The van der Waals surface area contributed by atoms with E-state index in [9.17, 15) is 4.79 Å². The second-order valence-electron chi connectivity index (χ2n) is 7.65. The third-order valence-corrected chi connectivity index (χ3v) is 5.76. The van der Waals surface area contributed by atoms with Gasteiger partial charge in [0.25, 0.3) is 5.91 Å². The highest BCUT2D eigenvalue weighted by Crippen LogP contribution is 2.35. The number of pyridine rings is 1. The lowest BCUT2D eigenvalue weighted by Gasteiger charge is -2.32. The number of carbonyl (C=O) groups is 1. The maximum Gasteiger partial charge on any atom is 0.255 e. The van der Waals surface area contributed by atoms with Crippen molar-refractivity contribution in [2.75, 3.05) is 44.7 Å². The number of hydrogen-bond acceptors (Lipinski definition) is 7. The second kappa shape index (κ2) is 8.49. The van der Waals surface area contributed by atoms with Gasteiger partial charge in [-0.05, 0) is 38.2 Å². The normalized spacial score (nSPS) is 14.6. The number of rotatable bonds is 3. The van der Waals surface area contributed by atoms with Gasteiger partial charge in [-0.1, -0.05) is 17.7 Å². The Balaban J connectivity index is 1.73. The number of amides is 1. The number of benzene rings is 1. The lowest BCUT2D eigenvalue weighted by Crippen LogP contribution is -2.47. The van der Waals surface area contributed by atoms with Crippen molar-refractivity contribution in [3.8, 4) is 22.4 Å². The zero-order valence-corrected chi connectivity index (χ0v) is 18.2. The van der Waals surface area contributed by atoms with Crippen LogP contribution in [0.4, 0.5) is 11.8 Å². The van der Waals surface area contributed by atoms with E-state index >= 15 is 0 Å². The van der Waals surface area contributed by atoms with E-state index in [1.807, 2.05) is 31.0 Å². The standard InChI is InChI=1S/C22H24ClN7O/c1-13-19(15-4-6-18(24)26-12-15)20(28-22(25)27-13)14-3-5-16(17(23)11-14)21(31)30-9-7-29(2)8-10-30/h3-6,11-12H,7-10H2,1-2H3,(H2,24,26)(H2,25,27,28). The van der Waals surface area contributed by atoms with Gasteiger partial charge in [-0.3, -0.25) is 4.79 Å². The predicted octanol–water partition coefficient (Wildman–Crippen LogP) is 2.72. The lowest BCUT2D eigenvalue weighted by molar-refractivity contribution is 0.0664. The van der Waals surface area contributed by atoms with Crippen LogP contribution in [0.25, 0.3) is 22.4 Å². The molecule has 9 heteroatoms. The van der Waals surface area contributed by atoms with E-state index in [1.165, 1.54) is 0 Å². The van der Waals surface area contributed by atoms with E-state index < -0.39 is 0 Å². The molecule has 0 spiro atoms. The highest BCUT2D eigenvalue weighted by Gasteiger charge is 2.23. The largest absolute Gasteiger partial charge is 0.384 e. The van der Waals surface area contributed by atoms with Crippen molar-refractivity contribution in [3.05, 3.63) is 52.8 Å². The first kappa shape index (κ1) is 21.0. The molecule has 1 fully saturated rings. The Kier molecular flexibility index (Phi) is 5.75. The summed E-state index contributed by atoms with van der Waals surface area (Å²) in [5.41, 5.74) is 15.8. The summed E-state index contributed by atoms with van der Waals surface area (Å²) in [5.74, 6) is 0.522. The predicted molar refractivity (Wildman–Crippen MR) is 123 cm³/mol. The van der Waals surface area contributed by atoms with Crippen LogP contribution in [0.5, 0.6) is 0 Å². The molecule has 3 heterocycles. The van der Waals surface area contributed by atoms with Crippen molar-refractivity contribution < 1.29 is 4.79 Å². The maximum atomic E-state index is 13.0. The molecule has 1 amide bonds. The number of hydrogen-bond donors (Lipinski definition) is 2. The Labute approximate surface area is 185 Å². The minimum absolute atomic E-state index is 0.0639. The van der Waals surface area contributed by atoms with E-state index in [-0.39, 0.29) is 11.9 Å². The van der Waals surface area contributed by atoms with Crippen molar-refractivity contribution >= 4 is 29.3 Å². The van der Waals surface area contributed by atoms with Crippen molar-refractivity contribution in [1.82, 2.24) is 24.8 Å². The summed E-state index contributed by atoms with van der Waals surface area (Å²) < 4.78 is 0. The molecule has 1 aromatic carbocycles. The van der Waals surface area contributed by atoms with Crippen molar-refractivity contribution in [1.29, 1.82) is 0 Å². The molecule has 0 saturated carbocycles. The monoisotopic (exact) mass is 437 g/mol. The summed E-state index contributed by atoms with van der Waals surface area (Å²) in [6, 6.07) is 8.92. The van der Waals surface area contributed by atoms with Crippen molar-refractivity contribution in [2.24, 2.45) is 0 Å². The number of likely N-dealkylation sites (N-methyl/N-ethyl adjacent to an activating group) is 1. The quantitative estimate of drug-likeness (QED) is 0.647. The Morgan fingerprint density at radius 1 is 1.03 bits per heavy atom. The van der Waals surface area contributed by atoms with Crippen LogP contribution < -0.4 is 11.5 Å². The Morgan fingerprint density at radius 3 is 2.39 bits per heavy atom. The number of piperazine rings is 1. The topological polar surface area (TPSA) is 114 Å². The molecule has 8 nitrogen and oxygen atoms in total.